The Morgan fingerprint density at radius 2 is 2.14 bits per heavy atom. The number of rotatable bonds is 3. The summed E-state index contributed by atoms with van der Waals surface area (Å²) in [6, 6.07) is 0.290. The Hall–Kier alpha value is -0.120. The molecule has 3 heteroatoms. The predicted molar refractivity (Wildman–Crippen MR) is 59.4 cm³/mol. The normalized spacial score (nSPS) is 26.1. The molecule has 1 aliphatic heterocycles. The van der Waals surface area contributed by atoms with Crippen molar-refractivity contribution in [2.45, 2.75) is 57.7 Å². The van der Waals surface area contributed by atoms with Gasteiger partial charge in [-0.3, -0.25) is 0 Å². The molecule has 2 atom stereocenters. The number of β-amino-alcohol motifs (C(OH)–C–C–N with tert-alkyl or cyclic N) is 1. The SMILES string of the molecule is CC(C)(C)NCC(O)C1CCCCN1. The van der Waals surface area contributed by atoms with Gasteiger partial charge in [-0.25, -0.2) is 0 Å². The van der Waals surface area contributed by atoms with E-state index >= 15 is 0 Å². The Labute approximate surface area is 87.3 Å². The lowest BCUT2D eigenvalue weighted by atomic mass is 9.99. The monoisotopic (exact) mass is 200 g/mol. The summed E-state index contributed by atoms with van der Waals surface area (Å²) in [5.41, 5.74) is 0.0929. The summed E-state index contributed by atoms with van der Waals surface area (Å²) in [7, 11) is 0. The summed E-state index contributed by atoms with van der Waals surface area (Å²) in [5, 5.41) is 16.6. The lowest BCUT2D eigenvalue weighted by Crippen LogP contribution is -2.50. The average Bonchev–Trinajstić information content (AvgIpc) is 2.14. The third kappa shape index (κ3) is 4.40. The smallest absolute Gasteiger partial charge is 0.0817 e. The first kappa shape index (κ1) is 12.0. The van der Waals surface area contributed by atoms with Crippen molar-refractivity contribution in [3.8, 4) is 0 Å². The highest BCUT2D eigenvalue weighted by molar-refractivity contribution is 4.83. The molecule has 2 unspecified atom stereocenters. The molecule has 14 heavy (non-hydrogen) atoms. The van der Waals surface area contributed by atoms with Crippen molar-refractivity contribution < 1.29 is 5.11 Å². The lowest BCUT2D eigenvalue weighted by Gasteiger charge is -2.30. The van der Waals surface area contributed by atoms with Crippen molar-refractivity contribution >= 4 is 0 Å². The van der Waals surface area contributed by atoms with E-state index < -0.39 is 0 Å². The Morgan fingerprint density at radius 1 is 1.43 bits per heavy atom. The molecule has 0 radical (unpaired) electrons. The highest BCUT2D eigenvalue weighted by Crippen LogP contribution is 2.10. The van der Waals surface area contributed by atoms with Crippen LogP contribution in [0.15, 0.2) is 0 Å². The number of piperidine rings is 1. The fourth-order valence-corrected chi connectivity index (χ4v) is 1.76. The van der Waals surface area contributed by atoms with Gasteiger partial charge in [0.1, 0.15) is 0 Å². The first-order valence-electron chi connectivity index (χ1n) is 5.65. The molecule has 0 aliphatic carbocycles. The summed E-state index contributed by atoms with van der Waals surface area (Å²) in [4.78, 5) is 0. The highest BCUT2D eigenvalue weighted by Gasteiger charge is 2.22. The van der Waals surface area contributed by atoms with E-state index in [9.17, 15) is 5.11 Å². The van der Waals surface area contributed by atoms with Gasteiger partial charge in [-0.2, -0.15) is 0 Å². The molecule has 84 valence electrons. The Morgan fingerprint density at radius 3 is 2.64 bits per heavy atom. The zero-order valence-electron chi connectivity index (χ0n) is 9.64. The van der Waals surface area contributed by atoms with Gasteiger partial charge in [-0.05, 0) is 40.2 Å². The van der Waals surface area contributed by atoms with Gasteiger partial charge in [0.15, 0.2) is 0 Å². The molecule has 0 bridgehead atoms. The minimum Gasteiger partial charge on any atom is -0.390 e. The molecule has 3 nitrogen and oxygen atoms in total. The number of hydrogen-bond donors (Lipinski definition) is 3. The van der Waals surface area contributed by atoms with Gasteiger partial charge in [-0.1, -0.05) is 6.42 Å². The van der Waals surface area contributed by atoms with Gasteiger partial charge in [0.05, 0.1) is 6.10 Å². The van der Waals surface area contributed by atoms with Crippen LogP contribution in [0.2, 0.25) is 0 Å². The number of hydrogen-bond acceptors (Lipinski definition) is 3. The van der Waals surface area contributed by atoms with Crippen LogP contribution in [0.1, 0.15) is 40.0 Å². The van der Waals surface area contributed by atoms with E-state index in [-0.39, 0.29) is 11.6 Å². The van der Waals surface area contributed by atoms with E-state index in [4.69, 9.17) is 0 Å². The van der Waals surface area contributed by atoms with Crippen LogP contribution in [-0.4, -0.2) is 35.9 Å². The Kier molecular flexibility index (Phi) is 4.35. The summed E-state index contributed by atoms with van der Waals surface area (Å²) >= 11 is 0. The largest absolute Gasteiger partial charge is 0.390 e. The lowest BCUT2D eigenvalue weighted by molar-refractivity contribution is 0.104. The number of nitrogens with one attached hydrogen (secondary N) is 2. The molecule has 3 N–H and O–H groups in total. The van der Waals surface area contributed by atoms with Gasteiger partial charge >= 0.3 is 0 Å². The zero-order chi connectivity index (χ0) is 10.6. The van der Waals surface area contributed by atoms with Crippen LogP contribution in [0, 0.1) is 0 Å². The minimum absolute atomic E-state index is 0.0929. The van der Waals surface area contributed by atoms with Crippen LogP contribution in [0.5, 0.6) is 0 Å². The Bertz CT molecular complexity index is 159. The molecule has 1 fully saturated rings. The van der Waals surface area contributed by atoms with E-state index in [1.54, 1.807) is 0 Å². The topological polar surface area (TPSA) is 44.3 Å². The molecule has 0 spiro atoms. The molecule has 0 amide bonds. The second kappa shape index (κ2) is 5.10. The van der Waals surface area contributed by atoms with Crippen molar-refractivity contribution in [1.82, 2.24) is 10.6 Å². The van der Waals surface area contributed by atoms with Crippen LogP contribution in [-0.2, 0) is 0 Å². The minimum atomic E-state index is -0.255. The second-order valence-electron chi connectivity index (χ2n) is 5.25. The highest BCUT2D eigenvalue weighted by atomic mass is 16.3. The van der Waals surface area contributed by atoms with Crippen LogP contribution >= 0.6 is 0 Å². The first-order chi connectivity index (χ1) is 6.49. The van der Waals surface area contributed by atoms with Crippen LogP contribution in [0.25, 0.3) is 0 Å². The van der Waals surface area contributed by atoms with Crippen molar-refractivity contribution in [2.75, 3.05) is 13.1 Å². The molecule has 0 aromatic heterocycles. The molecule has 1 aliphatic rings. The fraction of sp³-hybridized carbons (Fsp3) is 1.00. The summed E-state index contributed by atoms with van der Waals surface area (Å²) in [6.07, 6.45) is 3.34. The molecule has 0 aromatic carbocycles. The number of aliphatic hydroxyl groups excluding tert-OH is 1. The maximum Gasteiger partial charge on any atom is 0.0817 e. The quantitative estimate of drug-likeness (QED) is 0.633. The maximum atomic E-state index is 9.91. The molecular formula is C11H24N2O. The van der Waals surface area contributed by atoms with E-state index in [1.807, 2.05) is 0 Å². The van der Waals surface area contributed by atoms with E-state index in [0.29, 0.717) is 12.6 Å². The Balaban J connectivity index is 2.23. The van der Waals surface area contributed by atoms with E-state index in [2.05, 4.69) is 31.4 Å². The van der Waals surface area contributed by atoms with Gasteiger partial charge in [-0.15, -0.1) is 0 Å². The second-order valence-corrected chi connectivity index (χ2v) is 5.25. The predicted octanol–water partition coefficient (Wildman–Crippen LogP) is 0.877. The van der Waals surface area contributed by atoms with Crippen LogP contribution in [0.3, 0.4) is 0 Å². The molecule has 0 aromatic rings. The van der Waals surface area contributed by atoms with Gasteiger partial charge in [0.2, 0.25) is 0 Å². The van der Waals surface area contributed by atoms with E-state index in [1.165, 1.54) is 12.8 Å². The summed E-state index contributed by atoms with van der Waals surface area (Å²) in [6.45, 7) is 8.09. The molecule has 1 heterocycles. The first-order valence-corrected chi connectivity index (χ1v) is 5.65. The van der Waals surface area contributed by atoms with Crippen molar-refractivity contribution in [2.24, 2.45) is 0 Å². The molecule has 1 saturated heterocycles. The third-order valence-electron chi connectivity index (χ3n) is 2.65. The third-order valence-corrected chi connectivity index (χ3v) is 2.65. The zero-order valence-corrected chi connectivity index (χ0v) is 9.64. The molecule has 1 rings (SSSR count). The molecule has 0 saturated carbocycles. The molecular weight excluding hydrogens is 176 g/mol. The van der Waals surface area contributed by atoms with Crippen LogP contribution < -0.4 is 10.6 Å². The fourth-order valence-electron chi connectivity index (χ4n) is 1.76. The van der Waals surface area contributed by atoms with Crippen molar-refractivity contribution in [1.29, 1.82) is 0 Å². The van der Waals surface area contributed by atoms with Crippen molar-refractivity contribution in [3.05, 3.63) is 0 Å². The van der Waals surface area contributed by atoms with Crippen LogP contribution in [0.4, 0.5) is 0 Å². The number of aliphatic hydroxyl groups is 1. The maximum absolute atomic E-state index is 9.91. The average molecular weight is 200 g/mol. The van der Waals surface area contributed by atoms with Gasteiger partial charge in [0, 0.05) is 18.1 Å². The summed E-state index contributed by atoms with van der Waals surface area (Å²) in [5.74, 6) is 0. The standard InChI is InChI=1S/C11H24N2O/c1-11(2,3)13-8-10(14)9-6-4-5-7-12-9/h9-10,12-14H,4-8H2,1-3H3. The summed E-state index contributed by atoms with van der Waals surface area (Å²) < 4.78 is 0. The van der Waals surface area contributed by atoms with Crippen molar-refractivity contribution in [3.63, 3.8) is 0 Å². The van der Waals surface area contributed by atoms with Gasteiger partial charge < -0.3 is 15.7 Å². The van der Waals surface area contributed by atoms with Gasteiger partial charge in [0.25, 0.3) is 0 Å². The van der Waals surface area contributed by atoms with E-state index in [0.717, 1.165) is 13.0 Å².